The van der Waals surface area contributed by atoms with E-state index in [1.54, 1.807) is 0 Å². The predicted molar refractivity (Wildman–Crippen MR) is 60.8 cm³/mol. The van der Waals surface area contributed by atoms with Gasteiger partial charge in [-0.25, -0.2) is 0 Å². The molecule has 0 bridgehead atoms. The van der Waals surface area contributed by atoms with Crippen LogP contribution in [0.15, 0.2) is 35.3 Å². The van der Waals surface area contributed by atoms with Gasteiger partial charge in [0, 0.05) is 13.1 Å². The summed E-state index contributed by atoms with van der Waals surface area (Å²) in [6, 6.07) is 10.3. The molecule has 0 aromatic heterocycles. The second-order valence-electron chi connectivity index (χ2n) is 3.00. The Morgan fingerprint density at radius 3 is 2.71 bits per heavy atom. The van der Waals surface area contributed by atoms with Crippen LogP contribution in [0, 0.1) is 0 Å². The van der Waals surface area contributed by atoms with E-state index in [1.165, 1.54) is 5.56 Å². The fraction of sp³-hybridized carbons (Fsp3) is 0.300. The van der Waals surface area contributed by atoms with Gasteiger partial charge < -0.3 is 10.6 Å². The van der Waals surface area contributed by atoms with Crippen molar-refractivity contribution in [1.82, 2.24) is 10.6 Å². The first-order valence-corrected chi connectivity index (χ1v) is 4.51. The largest absolute Gasteiger partial charge is 0.355 e. The predicted octanol–water partition coefficient (Wildman–Crippen LogP) is 1.16. The molecule has 0 saturated heterocycles. The summed E-state index contributed by atoms with van der Waals surface area (Å²) < 4.78 is 0. The van der Waals surface area contributed by atoms with Gasteiger partial charge in [-0.1, -0.05) is 30.3 Å². The molecule has 0 amide bonds. The maximum atomic E-state index is 4.25. The maximum Gasteiger partial charge on any atom is 0.191 e. The Bertz CT molecular complexity index is 297. The summed E-state index contributed by atoms with van der Waals surface area (Å²) in [5, 5.41) is 6.40. The molecular formula is C10H14ClN3. The van der Waals surface area contributed by atoms with Crippen molar-refractivity contribution in [2.24, 2.45) is 4.99 Å². The fourth-order valence-corrected chi connectivity index (χ4v) is 1.30. The van der Waals surface area contributed by atoms with Crippen molar-refractivity contribution < 1.29 is 0 Å². The highest BCUT2D eigenvalue weighted by molar-refractivity contribution is 5.85. The van der Waals surface area contributed by atoms with Gasteiger partial charge in [-0.15, -0.1) is 12.4 Å². The minimum Gasteiger partial charge on any atom is -0.355 e. The molecular weight excluding hydrogens is 198 g/mol. The van der Waals surface area contributed by atoms with Crippen LogP contribution in [0.4, 0.5) is 0 Å². The van der Waals surface area contributed by atoms with E-state index in [2.05, 4.69) is 27.8 Å². The number of rotatable bonds is 2. The number of hydrogen-bond acceptors (Lipinski definition) is 3. The molecule has 1 aliphatic rings. The third kappa shape index (κ3) is 2.92. The van der Waals surface area contributed by atoms with Gasteiger partial charge in [-0.05, 0) is 5.56 Å². The Morgan fingerprint density at radius 1 is 1.29 bits per heavy atom. The average Bonchev–Trinajstić information content (AvgIpc) is 2.69. The molecule has 14 heavy (non-hydrogen) atoms. The van der Waals surface area contributed by atoms with E-state index in [9.17, 15) is 0 Å². The number of nitrogens with zero attached hydrogens (tertiary/aromatic N) is 1. The molecule has 0 aliphatic carbocycles. The van der Waals surface area contributed by atoms with Crippen molar-refractivity contribution in [3.63, 3.8) is 0 Å². The van der Waals surface area contributed by atoms with Crippen molar-refractivity contribution in [3.8, 4) is 0 Å². The lowest BCUT2D eigenvalue weighted by Gasteiger charge is -2.05. The van der Waals surface area contributed by atoms with E-state index >= 15 is 0 Å². The van der Waals surface area contributed by atoms with E-state index in [4.69, 9.17) is 0 Å². The average molecular weight is 212 g/mol. The second-order valence-corrected chi connectivity index (χ2v) is 3.00. The van der Waals surface area contributed by atoms with Crippen LogP contribution in [-0.2, 0) is 6.54 Å². The summed E-state index contributed by atoms with van der Waals surface area (Å²) >= 11 is 0. The highest BCUT2D eigenvalue weighted by Crippen LogP contribution is 1.97. The normalized spacial score (nSPS) is 13.9. The van der Waals surface area contributed by atoms with Gasteiger partial charge >= 0.3 is 0 Å². The summed E-state index contributed by atoms with van der Waals surface area (Å²) in [6.45, 7) is 2.68. The van der Waals surface area contributed by atoms with Gasteiger partial charge in [0.2, 0.25) is 0 Å². The molecule has 4 heteroatoms. The second kappa shape index (κ2) is 5.50. The topological polar surface area (TPSA) is 36.4 Å². The molecule has 2 rings (SSSR count). The molecule has 0 atom stereocenters. The molecule has 1 aliphatic heterocycles. The molecule has 1 heterocycles. The molecule has 3 nitrogen and oxygen atoms in total. The molecule has 1 aromatic rings. The zero-order valence-electron chi connectivity index (χ0n) is 7.86. The lowest BCUT2D eigenvalue weighted by atomic mass is 10.2. The lowest BCUT2D eigenvalue weighted by molar-refractivity contribution is 0.867. The minimum absolute atomic E-state index is 0. The number of benzene rings is 1. The molecule has 0 radical (unpaired) electrons. The lowest BCUT2D eigenvalue weighted by Crippen LogP contribution is -2.33. The van der Waals surface area contributed by atoms with Crippen LogP contribution in [0.3, 0.4) is 0 Å². The Morgan fingerprint density at radius 2 is 2.07 bits per heavy atom. The van der Waals surface area contributed by atoms with Crippen LogP contribution >= 0.6 is 12.4 Å². The molecule has 0 unspecified atom stereocenters. The SMILES string of the molecule is Cl.c1ccc(CNC2=NCCN2)cc1. The van der Waals surface area contributed by atoms with Crippen molar-refractivity contribution in [2.45, 2.75) is 6.54 Å². The molecule has 0 saturated carbocycles. The van der Waals surface area contributed by atoms with Crippen LogP contribution < -0.4 is 10.6 Å². The van der Waals surface area contributed by atoms with Gasteiger partial charge in [0.15, 0.2) is 5.96 Å². The van der Waals surface area contributed by atoms with Crippen molar-refractivity contribution in [1.29, 1.82) is 0 Å². The number of aliphatic imine (C=N–C) groups is 1. The Balaban J connectivity index is 0.000000980. The third-order valence-corrected chi connectivity index (χ3v) is 1.98. The van der Waals surface area contributed by atoms with Gasteiger partial charge in [-0.2, -0.15) is 0 Å². The summed E-state index contributed by atoms with van der Waals surface area (Å²) in [5.41, 5.74) is 1.28. The summed E-state index contributed by atoms with van der Waals surface area (Å²) in [5.74, 6) is 0.920. The maximum absolute atomic E-state index is 4.25. The Labute approximate surface area is 90.0 Å². The molecule has 0 spiro atoms. The first-order chi connectivity index (χ1) is 6.45. The zero-order chi connectivity index (χ0) is 8.93. The smallest absolute Gasteiger partial charge is 0.191 e. The van der Waals surface area contributed by atoms with Crippen LogP contribution in [0.1, 0.15) is 5.56 Å². The van der Waals surface area contributed by atoms with E-state index in [-0.39, 0.29) is 12.4 Å². The quantitative estimate of drug-likeness (QED) is 0.770. The van der Waals surface area contributed by atoms with Crippen LogP contribution in [-0.4, -0.2) is 19.0 Å². The van der Waals surface area contributed by atoms with E-state index < -0.39 is 0 Å². The summed E-state index contributed by atoms with van der Waals surface area (Å²) in [4.78, 5) is 4.25. The van der Waals surface area contributed by atoms with E-state index in [0.29, 0.717) is 0 Å². The summed E-state index contributed by atoms with van der Waals surface area (Å²) in [7, 11) is 0. The first kappa shape index (κ1) is 10.9. The Kier molecular flexibility index (Phi) is 4.26. The molecule has 0 fully saturated rings. The van der Waals surface area contributed by atoms with Gasteiger partial charge in [-0.3, -0.25) is 4.99 Å². The monoisotopic (exact) mass is 211 g/mol. The van der Waals surface area contributed by atoms with Crippen molar-refractivity contribution in [3.05, 3.63) is 35.9 Å². The number of guanidine groups is 1. The van der Waals surface area contributed by atoms with Crippen molar-refractivity contribution in [2.75, 3.05) is 13.1 Å². The third-order valence-electron chi connectivity index (χ3n) is 1.98. The van der Waals surface area contributed by atoms with Crippen LogP contribution in [0.25, 0.3) is 0 Å². The van der Waals surface area contributed by atoms with E-state index in [1.807, 2.05) is 18.2 Å². The minimum atomic E-state index is 0. The zero-order valence-corrected chi connectivity index (χ0v) is 8.68. The van der Waals surface area contributed by atoms with E-state index in [0.717, 1.165) is 25.6 Å². The highest BCUT2D eigenvalue weighted by Gasteiger charge is 2.02. The standard InChI is InChI=1S/C10H13N3.ClH/c1-2-4-9(5-3-1)8-13-10-11-6-7-12-10;/h1-5H,6-8H2,(H2,11,12,13);1H. The van der Waals surface area contributed by atoms with Gasteiger partial charge in [0.25, 0.3) is 0 Å². The van der Waals surface area contributed by atoms with Crippen molar-refractivity contribution >= 4 is 18.4 Å². The summed E-state index contributed by atoms with van der Waals surface area (Å²) in [6.07, 6.45) is 0. The fourth-order valence-electron chi connectivity index (χ4n) is 1.30. The number of halogens is 1. The van der Waals surface area contributed by atoms with Crippen LogP contribution in [0.2, 0.25) is 0 Å². The van der Waals surface area contributed by atoms with Crippen LogP contribution in [0.5, 0.6) is 0 Å². The number of hydrogen-bond donors (Lipinski definition) is 2. The van der Waals surface area contributed by atoms with Gasteiger partial charge in [0.1, 0.15) is 0 Å². The first-order valence-electron chi connectivity index (χ1n) is 4.51. The number of nitrogens with one attached hydrogen (secondary N) is 2. The molecule has 2 N–H and O–H groups in total. The van der Waals surface area contributed by atoms with Gasteiger partial charge in [0.05, 0.1) is 6.54 Å². The molecule has 76 valence electrons. The highest BCUT2D eigenvalue weighted by atomic mass is 35.5. The Hall–Kier alpha value is -1.22. The molecule has 1 aromatic carbocycles.